The van der Waals surface area contributed by atoms with Gasteiger partial charge >= 0.3 is 0 Å². The molecule has 0 aliphatic rings. The van der Waals surface area contributed by atoms with Gasteiger partial charge in [-0.05, 0) is 51.8 Å². The molecule has 4 nitrogen and oxygen atoms in total. The van der Waals surface area contributed by atoms with Gasteiger partial charge < -0.3 is 10.4 Å². The van der Waals surface area contributed by atoms with Crippen molar-refractivity contribution in [3.8, 4) is 11.8 Å². The molecule has 6 heteroatoms. The maximum Gasteiger partial charge on any atom is 0.266 e. The topological polar surface area (TPSA) is 73.1 Å². The molecule has 0 radical (unpaired) electrons. The number of hydrogen-bond donors (Lipinski definition) is 2. The van der Waals surface area contributed by atoms with E-state index in [4.69, 9.17) is 16.9 Å². The Morgan fingerprint density at radius 3 is 2.68 bits per heavy atom. The van der Waals surface area contributed by atoms with Crippen molar-refractivity contribution >= 4 is 45.2 Å². The second-order valence-corrected chi connectivity index (χ2v) is 5.58. The smallest absolute Gasteiger partial charge is 0.266 e. The zero-order valence-corrected chi connectivity index (χ0v) is 13.5. The lowest BCUT2D eigenvalue weighted by molar-refractivity contribution is -0.112. The summed E-state index contributed by atoms with van der Waals surface area (Å²) in [5.41, 5.74) is 0.968. The number of benzene rings is 2. The van der Waals surface area contributed by atoms with Gasteiger partial charge in [-0.15, -0.1) is 0 Å². The van der Waals surface area contributed by atoms with Crippen LogP contribution in [0.4, 0.5) is 5.69 Å². The molecule has 0 atom stereocenters. The molecule has 1 amide bonds. The Bertz CT molecular complexity index is 797. The van der Waals surface area contributed by atoms with E-state index < -0.39 is 5.91 Å². The number of aromatic hydroxyl groups is 1. The first kappa shape index (κ1) is 16.1. The van der Waals surface area contributed by atoms with Crippen LogP contribution in [0.5, 0.6) is 5.75 Å². The van der Waals surface area contributed by atoms with Crippen LogP contribution in [0.15, 0.2) is 52.5 Å². The molecule has 0 unspecified atom stereocenters. The highest BCUT2D eigenvalue weighted by atomic mass is 79.9. The average Bonchev–Trinajstić information content (AvgIpc) is 2.50. The number of carbonyl (C=O) groups is 1. The summed E-state index contributed by atoms with van der Waals surface area (Å²) < 4.78 is 0.477. The Morgan fingerprint density at radius 1 is 1.32 bits per heavy atom. The van der Waals surface area contributed by atoms with E-state index in [9.17, 15) is 9.90 Å². The van der Waals surface area contributed by atoms with E-state index >= 15 is 0 Å². The summed E-state index contributed by atoms with van der Waals surface area (Å²) in [6.45, 7) is 0. The molecule has 0 fully saturated rings. The molecule has 0 spiro atoms. The van der Waals surface area contributed by atoms with Gasteiger partial charge in [0.25, 0.3) is 5.91 Å². The molecular formula is C16H10BrClN2O2. The van der Waals surface area contributed by atoms with Gasteiger partial charge in [0.15, 0.2) is 0 Å². The lowest BCUT2D eigenvalue weighted by Gasteiger charge is -2.06. The summed E-state index contributed by atoms with van der Waals surface area (Å²) in [6, 6.07) is 13.3. The highest BCUT2D eigenvalue weighted by molar-refractivity contribution is 9.10. The fraction of sp³-hybridized carbons (Fsp3) is 0. The number of anilines is 1. The van der Waals surface area contributed by atoms with Crippen LogP contribution < -0.4 is 5.32 Å². The summed E-state index contributed by atoms with van der Waals surface area (Å²) in [4.78, 5) is 12.1. The third kappa shape index (κ3) is 3.88. The van der Waals surface area contributed by atoms with E-state index in [1.165, 1.54) is 12.1 Å². The number of phenolic OH excluding ortho intramolecular Hbond substituents is 1. The second kappa shape index (κ2) is 7.12. The van der Waals surface area contributed by atoms with Crippen LogP contribution in [0.1, 0.15) is 5.56 Å². The normalized spacial score (nSPS) is 10.9. The molecule has 0 aromatic heterocycles. The van der Waals surface area contributed by atoms with Crippen LogP contribution in [-0.2, 0) is 4.79 Å². The van der Waals surface area contributed by atoms with Gasteiger partial charge in [0.2, 0.25) is 0 Å². The number of carbonyl (C=O) groups excluding carboxylic acids is 1. The molecular weight excluding hydrogens is 368 g/mol. The van der Waals surface area contributed by atoms with Crippen LogP contribution in [0.2, 0.25) is 5.02 Å². The average molecular weight is 378 g/mol. The van der Waals surface area contributed by atoms with Crippen molar-refractivity contribution in [2.24, 2.45) is 0 Å². The molecule has 0 aliphatic carbocycles. The first-order valence-corrected chi connectivity index (χ1v) is 7.34. The number of phenols is 1. The highest BCUT2D eigenvalue weighted by Crippen LogP contribution is 2.26. The number of halogens is 2. The van der Waals surface area contributed by atoms with Crippen LogP contribution in [0.3, 0.4) is 0 Å². The molecule has 2 rings (SSSR count). The van der Waals surface area contributed by atoms with Crippen molar-refractivity contribution in [3.05, 3.63) is 63.1 Å². The van der Waals surface area contributed by atoms with Crippen molar-refractivity contribution in [3.63, 3.8) is 0 Å². The van der Waals surface area contributed by atoms with E-state index in [0.29, 0.717) is 20.7 Å². The van der Waals surface area contributed by atoms with Crippen LogP contribution in [0.25, 0.3) is 6.08 Å². The van der Waals surface area contributed by atoms with Crippen LogP contribution >= 0.6 is 27.5 Å². The molecule has 110 valence electrons. The summed E-state index contributed by atoms with van der Waals surface area (Å²) >= 11 is 9.14. The summed E-state index contributed by atoms with van der Waals surface area (Å²) in [6.07, 6.45) is 1.43. The van der Waals surface area contributed by atoms with Crippen molar-refractivity contribution < 1.29 is 9.90 Å². The zero-order valence-electron chi connectivity index (χ0n) is 11.2. The van der Waals surface area contributed by atoms with E-state index in [1.807, 2.05) is 6.07 Å². The lowest BCUT2D eigenvalue weighted by atomic mass is 10.1. The van der Waals surface area contributed by atoms with Crippen molar-refractivity contribution in [1.29, 1.82) is 5.26 Å². The fourth-order valence-corrected chi connectivity index (χ4v) is 2.26. The van der Waals surface area contributed by atoms with Crippen LogP contribution in [-0.4, -0.2) is 11.0 Å². The molecule has 0 saturated carbocycles. The maximum atomic E-state index is 12.1. The number of nitrogens with one attached hydrogen (secondary N) is 1. The third-order valence-electron chi connectivity index (χ3n) is 2.77. The molecule has 0 bridgehead atoms. The molecule has 2 aromatic carbocycles. The SMILES string of the molecule is N#C/C(=C\c1ccc(O)c(Br)c1)C(=O)Nc1ccccc1Cl. The molecule has 0 aliphatic heterocycles. The van der Waals surface area contributed by atoms with Gasteiger partial charge in [-0.3, -0.25) is 4.79 Å². The molecule has 0 saturated heterocycles. The number of amides is 1. The summed E-state index contributed by atoms with van der Waals surface area (Å²) in [5, 5.41) is 21.6. The van der Waals surface area contributed by atoms with Crippen LogP contribution in [0, 0.1) is 11.3 Å². The number of para-hydroxylation sites is 1. The van der Waals surface area contributed by atoms with Gasteiger partial charge in [-0.2, -0.15) is 5.26 Å². The quantitative estimate of drug-likeness (QED) is 0.617. The maximum absolute atomic E-state index is 12.1. The predicted molar refractivity (Wildman–Crippen MR) is 89.5 cm³/mol. The summed E-state index contributed by atoms with van der Waals surface area (Å²) in [5.74, 6) is -0.476. The van der Waals surface area contributed by atoms with Gasteiger partial charge in [-0.25, -0.2) is 0 Å². The number of nitriles is 1. The predicted octanol–water partition coefficient (Wildman–Crippen LogP) is 4.35. The highest BCUT2D eigenvalue weighted by Gasteiger charge is 2.11. The monoisotopic (exact) mass is 376 g/mol. The van der Waals surface area contributed by atoms with Crippen molar-refractivity contribution in [1.82, 2.24) is 0 Å². The minimum absolute atomic E-state index is 0.0718. The second-order valence-electron chi connectivity index (χ2n) is 4.31. The Hall–Kier alpha value is -2.29. The fourth-order valence-electron chi connectivity index (χ4n) is 1.68. The van der Waals surface area contributed by atoms with Crippen molar-refractivity contribution in [2.45, 2.75) is 0 Å². The summed E-state index contributed by atoms with van der Waals surface area (Å²) in [7, 11) is 0. The standard InChI is InChI=1S/C16H10BrClN2O2/c17-12-8-10(5-6-15(12)21)7-11(9-19)16(22)20-14-4-2-1-3-13(14)18/h1-8,21H,(H,20,22)/b11-7+. The number of rotatable bonds is 3. The van der Waals surface area contributed by atoms with Gasteiger partial charge in [0.1, 0.15) is 17.4 Å². The zero-order chi connectivity index (χ0) is 16.1. The third-order valence-corrected chi connectivity index (χ3v) is 3.73. The van der Waals surface area contributed by atoms with Gasteiger partial charge in [0, 0.05) is 0 Å². The van der Waals surface area contributed by atoms with Gasteiger partial charge in [0.05, 0.1) is 15.2 Å². The minimum atomic E-state index is -0.556. The Morgan fingerprint density at radius 2 is 2.05 bits per heavy atom. The van der Waals surface area contributed by atoms with E-state index in [0.717, 1.165) is 0 Å². The molecule has 0 heterocycles. The lowest BCUT2D eigenvalue weighted by Crippen LogP contribution is -2.13. The van der Waals surface area contributed by atoms with E-state index in [2.05, 4.69) is 21.2 Å². The largest absolute Gasteiger partial charge is 0.507 e. The van der Waals surface area contributed by atoms with E-state index in [1.54, 1.807) is 36.4 Å². The van der Waals surface area contributed by atoms with Crippen molar-refractivity contribution in [2.75, 3.05) is 5.32 Å². The Labute approximate surface area is 140 Å². The molecule has 22 heavy (non-hydrogen) atoms. The van der Waals surface area contributed by atoms with Gasteiger partial charge in [-0.1, -0.05) is 29.8 Å². The number of hydrogen-bond acceptors (Lipinski definition) is 3. The first-order chi connectivity index (χ1) is 10.5. The minimum Gasteiger partial charge on any atom is -0.507 e. The molecule has 2 aromatic rings. The number of nitrogens with zero attached hydrogens (tertiary/aromatic N) is 1. The first-order valence-electron chi connectivity index (χ1n) is 6.17. The van der Waals surface area contributed by atoms with E-state index in [-0.39, 0.29) is 11.3 Å². The molecule has 2 N–H and O–H groups in total. The Balaban J connectivity index is 2.26. The Kier molecular flexibility index (Phi) is 5.21.